The van der Waals surface area contributed by atoms with Crippen LogP contribution >= 0.6 is 0 Å². The summed E-state index contributed by atoms with van der Waals surface area (Å²) in [7, 11) is 1.58. The summed E-state index contributed by atoms with van der Waals surface area (Å²) >= 11 is 0. The van der Waals surface area contributed by atoms with E-state index in [1.54, 1.807) is 49.6 Å². The lowest BCUT2D eigenvalue weighted by Gasteiger charge is -2.08. The first-order valence-corrected chi connectivity index (χ1v) is 9.40. The van der Waals surface area contributed by atoms with Crippen molar-refractivity contribution >= 4 is 17.5 Å². The van der Waals surface area contributed by atoms with Crippen LogP contribution in [0.3, 0.4) is 0 Å². The van der Waals surface area contributed by atoms with Crippen molar-refractivity contribution in [2.75, 3.05) is 19.0 Å². The van der Waals surface area contributed by atoms with E-state index in [1.165, 1.54) is 5.56 Å². The Morgan fingerprint density at radius 2 is 1.55 bits per heavy atom. The number of rotatable bonds is 8. The molecule has 1 heterocycles. The number of nitrogens with one attached hydrogen (secondary N) is 2. The molecule has 2 aromatic carbocycles. The van der Waals surface area contributed by atoms with Gasteiger partial charge in [0.2, 0.25) is 0 Å². The largest absolute Gasteiger partial charge is 0.497 e. The van der Waals surface area contributed by atoms with E-state index in [2.05, 4.69) is 27.8 Å². The van der Waals surface area contributed by atoms with Gasteiger partial charge in [0, 0.05) is 12.2 Å². The van der Waals surface area contributed by atoms with Crippen molar-refractivity contribution in [2.24, 2.45) is 0 Å². The highest BCUT2D eigenvalue weighted by Crippen LogP contribution is 2.15. The highest BCUT2D eigenvalue weighted by molar-refractivity contribution is 6.03. The number of nitrogens with zero attached hydrogens (tertiary/aromatic N) is 1. The van der Waals surface area contributed by atoms with Gasteiger partial charge < -0.3 is 15.4 Å². The van der Waals surface area contributed by atoms with Gasteiger partial charge in [-0.25, -0.2) is 4.98 Å². The van der Waals surface area contributed by atoms with Crippen molar-refractivity contribution in [3.05, 3.63) is 89.7 Å². The topological polar surface area (TPSA) is 80.3 Å². The zero-order valence-corrected chi connectivity index (χ0v) is 16.2. The Bertz CT molecular complexity index is 957. The van der Waals surface area contributed by atoms with Crippen molar-refractivity contribution in [1.29, 1.82) is 0 Å². The standard InChI is InChI=1S/C23H23N3O3/c1-29-19-14-12-18(13-15-19)25-23(28)21-11-5-10-20(26-21)22(27)24-16-6-9-17-7-3-2-4-8-17/h2-5,7-8,10-15H,6,9,16H2,1H3,(H,24,27)(H,25,28). The number of ether oxygens (including phenoxy) is 1. The summed E-state index contributed by atoms with van der Waals surface area (Å²) in [5, 5.41) is 5.61. The number of aryl methyl sites for hydroxylation is 1. The van der Waals surface area contributed by atoms with Gasteiger partial charge in [-0.2, -0.15) is 0 Å². The minimum atomic E-state index is -0.381. The summed E-state index contributed by atoms with van der Waals surface area (Å²) in [6.07, 6.45) is 1.71. The molecular weight excluding hydrogens is 366 g/mol. The quantitative estimate of drug-likeness (QED) is 0.576. The van der Waals surface area contributed by atoms with Crippen LogP contribution in [0.25, 0.3) is 0 Å². The molecule has 3 aromatic rings. The van der Waals surface area contributed by atoms with Crippen LogP contribution in [0.15, 0.2) is 72.8 Å². The summed E-state index contributed by atoms with van der Waals surface area (Å²) < 4.78 is 5.10. The van der Waals surface area contributed by atoms with E-state index < -0.39 is 0 Å². The fourth-order valence-corrected chi connectivity index (χ4v) is 2.79. The average molecular weight is 389 g/mol. The van der Waals surface area contributed by atoms with E-state index in [1.807, 2.05) is 18.2 Å². The molecule has 1 aromatic heterocycles. The van der Waals surface area contributed by atoms with Gasteiger partial charge in [-0.05, 0) is 54.8 Å². The molecule has 0 fully saturated rings. The van der Waals surface area contributed by atoms with E-state index in [4.69, 9.17) is 4.74 Å². The number of carbonyl (C=O) groups excluding carboxylic acids is 2. The second-order valence-corrected chi connectivity index (χ2v) is 6.44. The Morgan fingerprint density at radius 1 is 0.862 bits per heavy atom. The molecule has 0 atom stereocenters. The molecule has 0 bridgehead atoms. The van der Waals surface area contributed by atoms with Gasteiger partial charge in [0.15, 0.2) is 0 Å². The predicted octanol–water partition coefficient (Wildman–Crippen LogP) is 3.71. The third-order valence-corrected chi connectivity index (χ3v) is 4.33. The second kappa shape index (κ2) is 10.0. The molecule has 148 valence electrons. The Labute approximate surface area is 169 Å². The first kappa shape index (κ1) is 20.1. The van der Waals surface area contributed by atoms with Crippen LogP contribution in [0.2, 0.25) is 0 Å². The Balaban J connectivity index is 1.53. The average Bonchev–Trinajstić information content (AvgIpc) is 2.78. The molecular formula is C23H23N3O3. The molecule has 29 heavy (non-hydrogen) atoms. The highest BCUT2D eigenvalue weighted by atomic mass is 16.5. The van der Waals surface area contributed by atoms with Gasteiger partial charge in [0.1, 0.15) is 17.1 Å². The molecule has 2 amide bonds. The predicted molar refractivity (Wildman–Crippen MR) is 112 cm³/mol. The fourth-order valence-electron chi connectivity index (χ4n) is 2.79. The Hall–Kier alpha value is -3.67. The lowest BCUT2D eigenvalue weighted by atomic mass is 10.1. The molecule has 0 aliphatic carbocycles. The maximum absolute atomic E-state index is 12.4. The van der Waals surface area contributed by atoms with Crippen LogP contribution in [0.1, 0.15) is 33.0 Å². The van der Waals surface area contributed by atoms with E-state index in [0.717, 1.165) is 12.8 Å². The summed E-state index contributed by atoms with van der Waals surface area (Å²) in [6.45, 7) is 0.539. The summed E-state index contributed by atoms with van der Waals surface area (Å²) in [5.74, 6) is 0.0260. The number of pyridine rings is 1. The fraction of sp³-hybridized carbons (Fsp3) is 0.174. The molecule has 0 saturated heterocycles. The first-order valence-electron chi connectivity index (χ1n) is 9.40. The van der Waals surface area contributed by atoms with Crippen LogP contribution in [-0.4, -0.2) is 30.5 Å². The van der Waals surface area contributed by atoms with E-state index in [-0.39, 0.29) is 23.2 Å². The number of hydrogen-bond acceptors (Lipinski definition) is 4. The van der Waals surface area contributed by atoms with Gasteiger partial charge >= 0.3 is 0 Å². The Morgan fingerprint density at radius 3 is 2.24 bits per heavy atom. The molecule has 0 saturated carbocycles. The van der Waals surface area contributed by atoms with E-state index in [0.29, 0.717) is 18.0 Å². The molecule has 6 heteroatoms. The van der Waals surface area contributed by atoms with Gasteiger partial charge in [-0.1, -0.05) is 36.4 Å². The molecule has 0 spiro atoms. The zero-order valence-electron chi connectivity index (χ0n) is 16.2. The van der Waals surface area contributed by atoms with Gasteiger partial charge in [-0.15, -0.1) is 0 Å². The van der Waals surface area contributed by atoms with Crippen molar-refractivity contribution in [2.45, 2.75) is 12.8 Å². The molecule has 0 aliphatic heterocycles. The van der Waals surface area contributed by atoms with E-state index >= 15 is 0 Å². The van der Waals surface area contributed by atoms with Gasteiger partial charge in [-0.3, -0.25) is 9.59 Å². The number of amides is 2. The van der Waals surface area contributed by atoms with E-state index in [9.17, 15) is 9.59 Å². The van der Waals surface area contributed by atoms with Crippen LogP contribution in [0.4, 0.5) is 5.69 Å². The van der Waals surface area contributed by atoms with Crippen LogP contribution in [-0.2, 0) is 6.42 Å². The number of anilines is 1. The second-order valence-electron chi connectivity index (χ2n) is 6.44. The number of methoxy groups -OCH3 is 1. The van der Waals surface area contributed by atoms with Gasteiger partial charge in [0.25, 0.3) is 11.8 Å². The molecule has 6 nitrogen and oxygen atoms in total. The highest BCUT2D eigenvalue weighted by Gasteiger charge is 2.12. The smallest absolute Gasteiger partial charge is 0.274 e. The lowest BCUT2D eigenvalue weighted by molar-refractivity contribution is 0.0948. The number of aromatic nitrogens is 1. The normalized spacial score (nSPS) is 10.2. The van der Waals surface area contributed by atoms with Crippen LogP contribution in [0, 0.1) is 0 Å². The summed E-state index contributed by atoms with van der Waals surface area (Å²) in [5.41, 5.74) is 2.25. The zero-order chi connectivity index (χ0) is 20.5. The van der Waals surface area contributed by atoms with Crippen LogP contribution in [0.5, 0.6) is 5.75 Å². The van der Waals surface area contributed by atoms with Crippen molar-refractivity contribution < 1.29 is 14.3 Å². The van der Waals surface area contributed by atoms with Crippen molar-refractivity contribution in [1.82, 2.24) is 10.3 Å². The molecule has 0 aliphatic rings. The molecule has 0 radical (unpaired) electrons. The Kier molecular flexibility index (Phi) is 6.95. The first-order chi connectivity index (χ1) is 14.2. The van der Waals surface area contributed by atoms with Crippen molar-refractivity contribution in [3.63, 3.8) is 0 Å². The van der Waals surface area contributed by atoms with Crippen molar-refractivity contribution in [3.8, 4) is 5.75 Å². The minimum Gasteiger partial charge on any atom is -0.497 e. The summed E-state index contributed by atoms with van der Waals surface area (Å²) in [4.78, 5) is 29.0. The molecule has 0 unspecified atom stereocenters. The maximum Gasteiger partial charge on any atom is 0.274 e. The minimum absolute atomic E-state index is 0.178. The SMILES string of the molecule is COc1ccc(NC(=O)c2cccc(C(=O)NCCCc3ccccc3)n2)cc1. The number of benzene rings is 2. The number of carbonyl (C=O) groups is 2. The number of hydrogen-bond donors (Lipinski definition) is 2. The third-order valence-electron chi connectivity index (χ3n) is 4.33. The van der Waals surface area contributed by atoms with Crippen LogP contribution < -0.4 is 15.4 Å². The maximum atomic E-state index is 12.4. The third kappa shape index (κ3) is 5.90. The molecule has 3 rings (SSSR count). The van der Waals surface area contributed by atoms with Gasteiger partial charge in [0.05, 0.1) is 7.11 Å². The molecule has 2 N–H and O–H groups in total. The lowest BCUT2D eigenvalue weighted by Crippen LogP contribution is -2.26. The summed E-state index contributed by atoms with van der Waals surface area (Å²) in [6, 6.07) is 21.9. The monoisotopic (exact) mass is 389 g/mol.